The minimum Gasteiger partial charge on any atom is -0.311 e. The maximum atomic E-state index is 4.00. The monoisotopic (exact) mass is 207 g/mol. The Labute approximate surface area is 94.0 Å². The molecule has 3 aliphatic rings. The molecule has 4 atom stereocenters. The van der Waals surface area contributed by atoms with Crippen molar-refractivity contribution in [1.82, 2.24) is 5.32 Å². The van der Waals surface area contributed by atoms with Gasteiger partial charge in [0.2, 0.25) is 0 Å². The number of nitrogens with one attached hydrogen (secondary N) is 1. The van der Waals surface area contributed by atoms with E-state index in [-0.39, 0.29) is 0 Å². The molecule has 0 spiro atoms. The smallest absolute Gasteiger partial charge is 0.00981 e. The molecule has 2 aliphatic carbocycles. The molecule has 1 aliphatic heterocycles. The topological polar surface area (TPSA) is 12.0 Å². The van der Waals surface area contributed by atoms with Gasteiger partial charge >= 0.3 is 0 Å². The van der Waals surface area contributed by atoms with Crippen LogP contribution in [0.3, 0.4) is 0 Å². The fourth-order valence-electron chi connectivity index (χ4n) is 4.26. The van der Waals surface area contributed by atoms with Crippen molar-refractivity contribution in [3.63, 3.8) is 0 Å². The summed E-state index contributed by atoms with van der Waals surface area (Å²) in [5, 5.41) is 4.00. The van der Waals surface area contributed by atoms with E-state index in [0.717, 1.165) is 23.9 Å². The summed E-state index contributed by atoms with van der Waals surface area (Å²) in [6.45, 7) is 0. The van der Waals surface area contributed by atoms with Gasteiger partial charge in [-0.2, -0.15) is 0 Å². The molecule has 0 aromatic rings. The van der Waals surface area contributed by atoms with Gasteiger partial charge in [-0.15, -0.1) is 0 Å². The summed E-state index contributed by atoms with van der Waals surface area (Å²) in [4.78, 5) is 0. The fourth-order valence-corrected chi connectivity index (χ4v) is 4.26. The average molecular weight is 207 g/mol. The van der Waals surface area contributed by atoms with Crippen LogP contribution >= 0.6 is 0 Å². The number of fused-ring (bicyclic) bond motifs is 2. The molecule has 3 fully saturated rings. The molecule has 1 N–H and O–H groups in total. The van der Waals surface area contributed by atoms with E-state index in [1.807, 2.05) is 0 Å². The zero-order valence-electron chi connectivity index (χ0n) is 9.88. The lowest BCUT2D eigenvalue weighted by atomic mass is 9.72. The van der Waals surface area contributed by atoms with Crippen LogP contribution in [-0.2, 0) is 0 Å². The molecule has 15 heavy (non-hydrogen) atoms. The van der Waals surface area contributed by atoms with Gasteiger partial charge in [0.15, 0.2) is 0 Å². The van der Waals surface area contributed by atoms with Gasteiger partial charge in [-0.3, -0.25) is 0 Å². The van der Waals surface area contributed by atoms with Crippen LogP contribution in [0.1, 0.15) is 64.2 Å². The van der Waals surface area contributed by atoms with Crippen molar-refractivity contribution >= 4 is 0 Å². The third-order valence-corrected chi connectivity index (χ3v) is 5.10. The second kappa shape index (κ2) is 4.45. The highest BCUT2D eigenvalue weighted by atomic mass is 15.0. The molecule has 0 radical (unpaired) electrons. The van der Waals surface area contributed by atoms with E-state index >= 15 is 0 Å². The number of rotatable bonds is 0. The third kappa shape index (κ3) is 2.08. The van der Waals surface area contributed by atoms with Gasteiger partial charge in [-0.1, -0.05) is 32.1 Å². The molecule has 0 aromatic heterocycles. The lowest BCUT2D eigenvalue weighted by molar-refractivity contribution is 0.118. The van der Waals surface area contributed by atoms with Crippen molar-refractivity contribution in [3.8, 4) is 0 Å². The summed E-state index contributed by atoms with van der Waals surface area (Å²) in [6.07, 6.45) is 15.0. The number of piperidine rings is 1. The van der Waals surface area contributed by atoms with E-state index in [2.05, 4.69) is 5.32 Å². The highest BCUT2D eigenvalue weighted by Gasteiger charge is 2.37. The molecule has 0 aromatic carbocycles. The second-order valence-corrected chi connectivity index (χ2v) is 6.06. The van der Waals surface area contributed by atoms with Crippen LogP contribution < -0.4 is 5.32 Å². The van der Waals surface area contributed by atoms with Crippen molar-refractivity contribution in [2.24, 2.45) is 11.8 Å². The Morgan fingerprint density at radius 1 is 0.600 bits per heavy atom. The quantitative estimate of drug-likeness (QED) is 0.641. The van der Waals surface area contributed by atoms with Gasteiger partial charge in [-0.25, -0.2) is 0 Å². The SMILES string of the molecule is C1CCC2NC3CCCCC3C[C@H]2CC1. The molecular weight excluding hydrogens is 182 g/mol. The summed E-state index contributed by atoms with van der Waals surface area (Å²) >= 11 is 0. The van der Waals surface area contributed by atoms with Crippen molar-refractivity contribution in [3.05, 3.63) is 0 Å². The normalized spacial score (nSPS) is 46.4. The molecule has 86 valence electrons. The molecule has 2 saturated carbocycles. The van der Waals surface area contributed by atoms with Gasteiger partial charge in [0.25, 0.3) is 0 Å². The maximum absolute atomic E-state index is 4.00. The summed E-state index contributed by atoms with van der Waals surface area (Å²) in [5.74, 6) is 2.07. The zero-order valence-corrected chi connectivity index (χ0v) is 9.88. The van der Waals surface area contributed by atoms with Crippen molar-refractivity contribution in [1.29, 1.82) is 0 Å². The van der Waals surface area contributed by atoms with Gasteiger partial charge < -0.3 is 5.32 Å². The molecule has 1 heteroatoms. The molecule has 1 saturated heterocycles. The fraction of sp³-hybridized carbons (Fsp3) is 1.00. The Balaban J connectivity index is 1.68. The van der Waals surface area contributed by atoms with Crippen LogP contribution in [0.25, 0.3) is 0 Å². The molecule has 3 rings (SSSR count). The summed E-state index contributed by atoms with van der Waals surface area (Å²) in [5.41, 5.74) is 0. The van der Waals surface area contributed by atoms with Gasteiger partial charge in [0, 0.05) is 12.1 Å². The lowest BCUT2D eigenvalue weighted by Gasteiger charge is -2.44. The van der Waals surface area contributed by atoms with E-state index in [0.29, 0.717) is 0 Å². The minimum absolute atomic E-state index is 0.895. The summed E-state index contributed by atoms with van der Waals surface area (Å²) < 4.78 is 0. The van der Waals surface area contributed by atoms with E-state index in [1.54, 1.807) is 6.42 Å². The Morgan fingerprint density at radius 3 is 1.87 bits per heavy atom. The molecule has 1 heterocycles. The Morgan fingerprint density at radius 2 is 1.13 bits per heavy atom. The first-order valence-corrected chi connectivity index (χ1v) is 7.19. The molecule has 0 bridgehead atoms. The van der Waals surface area contributed by atoms with Gasteiger partial charge in [0.1, 0.15) is 0 Å². The molecular formula is C14H25N. The first-order chi connectivity index (χ1) is 7.43. The highest BCUT2D eigenvalue weighted by molar-refractivity contribution is 4.94. The van der Waals surface area contributed by atoms with E-state index < -0.39 is 0 Å². The number of hydrogen-bond donors (Lipinski definition) is 1. The standard InChI is InChI=1S/C14H25N/c1-2-6-11-10-12-7-4-5-9-14(12)15-13(11)8-3-1/h11-15H,1-10H2/t11-,12?,13?,14?/m1/s1. The van der Waals surface area contributed by atoms with E-state index in [4.69, 9.17) is 0 Å². The second-order valence-electron chi connectivity index (χ2n) is 6.06. The Bertz CT molecular complexity index is 191. The van der Waals surface area contributed by atoms with Crippen LogP contribution in [0.4, 0.5) is 0 Å². The number of hydrogen-bond acceptors (Lipinski definition) is 1. The van der Waals surface area contributed by atoms with Crippen LogP contribution in [0.5, 0.6) is 0 Å². The first kappa shape index (κ1) is 10.1. The Kier molecular flexibility index (Phi) is 3.01. The van der Waals surface area contributed by atoms with Crippen LogP contribution in [0, 0.1) is 11.8 Å². The predicted molar refractivity (Wildman–Crippen MR) is 63.9 cm³/mol. The van der Waals surface area contributed by atoms with E-state index in [9.17, 15) is 0 Å². The predicted octanol–water partition coefficient (Wildman–Crippen LogP) is 3.49. The van der Waals surface area contributed by atoms with Crippen LogP contribution in [-0.4, -0.2) is 12.1 Å². The first-order valence-electron chi connectivity index (χ1n) is 7.19. The summed E-state index contributed by atoms with van der Waals surface area (Å²) in [7, 11) is 0. The van der Waals surface area contributed by atoms with Gasteiger partial charge in [0.05, 0.1) is 0 Å². The van der Waals surface area contributed by atoms with Crippen molar-refractivity contribution < 1.29 is 0 Å². The highest BCUT2D eigenvalue weighted by Crippen LogP contribution is 2.39. The molecule has 3 unspecified atom stereocenters. The lowest BCUT2D eigenvalue weighted by Crippen LogP contribution is -2.52. The van der Waals surface area contributed by atoms with Crippen LogP contribution in [0.2, 0.25) is 0 Å². The summed E-state index contributed by atoms with van der Waals surface area (Å²) in [6, 6.07) is 1.80. The third-order valence-electron chi connectivity index (χ3n) is 5.10. The van der Waals surface area contributed by atoms with E-state index in [1.165, 1.54) is 57.8 Å². The maximum Gasteiger partial charge on any atom is 0.00981 e. The van der Waals surface area contributed by atoms with Gasteiger partial charge in [-0.05, 0) is 43.9 Å². The van der Waals surface area contributed by atoms with Crippen molar-refractivity contribution in [2.45, 2.75) is 76.3 Å². The van der Waals surface area contributed by atoms with Crippen LogP contribution in [0.15, 0.2) is 0 Å². The zero-order chi connectivity index (χ0) is 10.1. The minimum atomic E-state index is 0.895. The van der Waals surface area contributed by atoms with Crippen molar-refractivity contribution in [2.75, 3.05) is 0 Å². The average Bonchev–Trinajstić information content (AvgIpc) is 2.50. The molecule has 1 nitrogen and oxygen atoms in total. The largest absolute Gasteiger partial charge is 0.311 e. The Hall–Kier alpha value is -0.0400. The molecule has 0 amide bonds.